The molecule has 0 fully saturated rings. The van der Waals surface area contributed by atoms with Gasteiger partial charge in [0.15, 0.2) is 0 Å². The van der Waals surface area contributed by atoms with Crippen molar-refractivity contribution in [2.75, 3.05) is 4.72 Å². The molecule has 10 heteroatoms. The van der Waals surface area contributed by atoms with Gasteiger partial charge in [0, 0.05) is 11.3 Å². The Labute approximate surface area is 189 Å². The maximum absolute atomic E-state index is 12.6. The number of carbonyl (C=O) groups excluding carboxylic acids is 2. The summed E-state index contributed by atoms with van der Waals surface area (Å²) in [6.07, 6.45) is 0.102. The second-order valence-electron chi connectivity index (χ2n) is 6.43. The minimum atomic E-state index is -3.95. The summed E-state index contributed by atoms with van der Waals surface area (Å²) >= 11 is 11.7. The predicted molar refractivity (Wildman–Crippen MR) is 119 cm³/mol. The first kappa shape index (κ1) is 22.6. The van der Waals surface area contributed by atoms with Crippen LogP contribution in [0, 0.1) is 0 Å². The van der Waals surface area contributed by atoms with Crippen LogP contribution in [0.1, 0.15) is 15.9 Å². The number of anilines is 1. The number of benzene rings is 3. The largest absolute Gasteiger partial charge is 0.280 e. The molecule has 0 aromatic heterocycles. The normalized spacial score (nSPS) is 10.9. The predicted octanol–water partition coefficient (Wildman–Crippen LogP) is 3.80. The Morgan fingerprint density at radius 3 is 2.26 bits per heavy atom. The number of sulfonamides is 1. The lowest BCUT2D eigenvalue weighted by atomic mass is 10.1. The average molecular weight is 478 g/mol. The highest BCUT2D eigenvalue weighted by molar-refractivity contribution is 7.92. The van der Waals surface area contributed by atoms with Crippen molar-refractivity contribution < 1.29 is 18.0 Å². The van der Waals surface area contributed by atoms with Crippen molar-refractivity contribution in [3.05, 3.63) is 94.0 Å². The van der Waals surface area contributed by atoms with Crippen LogP contribution in [0.3, 0.4) is 0 Å². The Bertz CT molecular complexity index is 1220. The highest BCUT2D eigenvalue weighted by Gasteiger charge is 2.17. The van der Waals surface area contributed by atoms with E-state index in [4.69, 9.17) is 23.2 Å². The summed E-state index contributed by atoms with van der Waals surface area (Å²) < 4.78 is 27.5. The number of carbonyl (C=O) groups is 2. The zero-order valence-corrected chi connectivity index (χ0v) is 18.3. The number of nitrogens with one attached hydrogen (secondary N) is 3. The molecule has 0 bridgehead atoms. The molecule has 0 saturated carbocycles. The molecule has 31 heavy (non-hydrogen) atoms. The van der Waals surface area contributed by atoms with E-state index in [9.17, 15) is 18.0 Å². The van der Waals surface area contributed by atoms with Crippen molar-refractivity contribution in [3.63, 3.8) is 0 Å². The summed E-state index contributed by atoms with van der Waals surface area (Å²) in [4.78, 5) is 24.2. The van der Waals surface area contributed by atoms with Crippen LogP contribution >= 0.6 is 23.2 Å². The van der Waals surface area contributed by atoms with E-state index in [0.717, 1.165) is 5.56 Å². The second-order valence-corrected chi connectivity index (χ2v) is 8.92. The van der Waals surface area contributed by atoms with Gasteiger partial charge in [0.05, 0.1) is 21.4 Å². The van der Waals surface area contributed by atoms with Gasteiger partial charge in [0.2, 0.25) is 5.91 Å². The highest BCUT2D eigenvalue weighted by atomic mass is 35.5. The smallest absolute Gasteiger partial charge is 0.269 e. The molecule has 0 heterocycles. The van der Waals surface area contributed by atoms with Crippen molar-refractivity contribution in [2.45, 2.75) is 11.3 Å². The summed E-state index contributed by atoms with van der Waals surface area (Å²) in [5.41, 5.74) is 5.74. The number of amides is 2. The van der Waals surface area contributed by atoms with Crippen LogP contribution in [-0.4, -0.2) is 20.2 Å². The van der Waals surface area contributed by atoms with Gasteiger partial charge in [-0.2, -0.15) is 0 Å². The topological polar surface area (TPSA) is 104 Å². The second kappa shape index (κ2) is 9.82. The summed E-state index contributed by atoms with van der Waals surface area (Å²) in [7, 11) is -3.95. The Kier molecular flexibility index (Phi) is 7.17. The molecule has 0 aliphatic heterocycles. The van der Waals surface area contributed by atoms with E-state index >= 15 is 0 Å². The molecule has 3 aromatic rings. The molecule has 0 radical (unpaired) electrons. The van der Waals surface area contributed by atoms with Gasteiger partial charge in [-0.05, 0) is 42.0 Å². The Balaban J connectivity index is 1.64. The molecule has 160 valence electrons. The summed E-state index contributed by atoms with van der Waals surface area (Å²) in [6, 6.07) is 18.8. The van der Waals surface area contributed by atoms with E-state index in [1.54, 1.807) is 12.1 Å². The molecule has 0 saturated heterocycles. The van der Waals surface area contributed by atoms with Gasteiger partial charge in [0.1, 0.15) is 0 Å². The fourth-order valence-electron chi connectivity index (χ4n) is 2.61. The number of halogens is 2. The van der Waals surface area contributed by atoms with Crippen LogP contribution in [0.25, 0.3) is 0 Å². The lowest BCUT2D eigenvalue weighted by molar-refractivity contribution is -0.121. The molecule has 0 unspecified atom stereocenters. The first-order valence-corrected chi connectivity index (χ1v) is 11.2. The van der Waals surface area contributed by atoms with E-state index in [1.165, 1.54) is 42.5 Å². The monoisotopic (exact) mass is 477 g/mol. The van der Waals surface area contributed by atoms with Crippen LogP contribution in [0.5, 0.6) is 0 Å². The first-order valence-electron chi connectivity index (χ1n) is 8.95. The van der Waals surface area contributed by atoms with Crippen LogP contribution in [0.15, 0.2) is 77.7 Å². The van der Waals surface area contributed by atoms with Crippen LogP contribution in [-0.2, 0) is 21.2 Å². The fraction of sp³-hybridized carbons (Fsp3) is 0.0476. The van der Waals surface area contributed by atoms with Gasteiger partial charge in [-0.25, -0.2) is 8.42 Å². The molecule has 3 rings (SSSR count). The van der Waals surface area contributed by atoms with Gasteiger partial charge in [-0.3, -0.25) is 25.2 Å². The van der Waals surface area contributed by atoms with E-state index in [1.807, 2.05) is 18.2 Å². The summed E-state index contributed by atoms with van der Waals surface area (Å²) in [5.74, 6) is -0.993. The number of hydrogen-bond donors (Lipinski definition) is 3. The Morgan fingerprint density at radius 1 is 0.806 bits per heavy atom. The van der Waals surface area contributed by atoms with Gasteiger partial charge in [-0.15, -0.1) is 0 Å². The van der Waals surface area contributed by atoms with Crippen molar-refractivity contribution >= 4 is 50.7 Å². The quantitative estimate of drug-likeness (QED) is 0.469. The number of hydrazine groups is 1. The average Bonchev–Trinajstić information content (AvgIpc) is 2.74. The molecule has 0 aliphatic carbocycles. The van der Waals surface area contributed by atoms with Crippen molar-refractivity contribution in [2.24, 2.45) is 0 Å². The SMILES string of the molecule is O=C(Cc1ccccc1)NNC(=O)c1cccc(NS(=O)(=O)c2ccc(Cl)c(Cl)c2)c1. The number of hydrogen-bond acceptors (Lipinski definition) is 4. The molecule has 0 spiro atoms. The molecule has 3 aromatic carbocycles. The minimum absolute atomic E-state index is 0.0788. The fourth-order valence-corrected chi connectivity index (χ4v) is 4.04. The zero-order valence-electron chi connectivity index (χ0n) is 15.9. The maximum Gasteiger partial charge on any atom is 0.269 e. The summed E-state index contributed by atoms with van der Waals surface area (Å²) in [6.45, 7) is 0. The van der Waals surface area contributed by atoms with Crippen LogP contribution < -0.4 is 15.6 Å². The molecule has 2 amide bonds. The van der Waals surface area contributed by atoms with E-state index in [-0.39, 0.29) is 32.6 Å². The van der Waals surface area contributed by atoms with Gasteiger partial charge in [-0.1, -0.05) is 59.6 Å². The lowest BCUT2D eigenvalue weighted by Crippen LogP contribution is -2.42. The lowest BCUT2D eigenvalue weighted by Gasteiger charge is -2.11. The highest BCUT2D eigenvalue weighted by Crippen LogP contribution is 2.26. The van der Waals surface area contributed by atoms with Crippen molar-refractivity contribution in [1.29, 1.82) is 0 Å². The molecule has 3 N–H and O–H groups in total. The maximum atomic E-state index is 12.6. The Hall–Kier alpha value is -3.07. The minimum Gasteiger partial charge on any atom is -0.280 e. The van der Waals surface area contributed by atoms with Gasteiger partial charge >= 0.3 is 0 Å². The van der Waals surface area contributed by atoms with Gasteiger partial charge in [0.25, 0.3) is 15.9 Å². The van der Waals surface area contributed by atoms with Gasteiger partial charge < -0.3 is 0 Å². The van der Waals surface area contributed by atoms with E-state index < -0.39 is 21.8 Å². The molecule has 0 aliphatic rings. The number of rotatable bonds is 6. The van der Waals surface area contributed by atoms with Crippen molar-refractivity contribution in [3.8, 4) is 0 Å². The van der Waals surface area contributed by atoms with E-state index in [2.05, 4.69) is 15.6 Å². The Morgan fingerprint density at radius 2 is 1.55 bits per heavy atom. The first-order chi connectivity index (χ1) is 14.7. The third-order valence-electron chi connectivity index (χ3n) is 4.10. The zero-order chi connectivity index (χ0) is 22.4. The third-order valence-corrected chi connectivity index (χ3v) is 6.22. The molecule has 0 atom stereocenters. The summed E-state index contributed by atoms with van der Waals surface area (Å²) in [5, 5.41) is 0.331. The standard InChI is InChI=1S/C21H17Cl2N3O4S/c22-18-10-9-17(13-19(18)23)31(29,30)26-16-8-4-7-15(12-16)21(28)25-24-20(27)11-14-5-2-1-3-6-14/h1-10,12-13,26H,11H2,(H,24,27)(H,25,28). The van der Waals surface area contributed by atoms with Crippen LogP contribution in [0.2, 0.25) is 10.0 Å². The molecular weight excluding hydrogens is 461 g/mol. The van der Waals surface area contributed by atoms with Crippen LogP contribution in [0.4, 0.5) is 5.69 Å². The third kappa shape index (κ3) is 6.21. The van der Waals surface area contributed by atoms with E-state index in [0.29, 0.717) is 0 Å². The molecule has 7 nitrogen and oxygen atoms in total. The van der Waals surface area contributed by atoms with Crippen molar-refractivity contribution in [1.82, 2.24) is 10.9 Å². The molecular formula is C21H17Cl2N3O4S.